The largest absolute Gasteiger partial charge is 0.481 e. The molecule has 0 fully saturated rings. The summed E-state index contributed by atoms with van der Waals surface area (Å²) in [5.41, 5.74) is 2.81. The van der Waals surface area contributed by atoms with Crippen molar-refractivity contribution in [2.24, 2.45) is 0 Å². The minimum Gasteiger partial charge on any atom is -0.481 e. The normalized spacial score (nSPS) is 15.8. The maximum Gasteiger partial charge on any atom is 0.410 e. The first-order valence-electron chi connectivity index (χ1n) is 10.6. The fourth-order valence-corrected chi connectivity index (χ4v) is 3.95. The Morgan fingerprint density at radius 1 is 1.12 bits per heavy atom. The fourth-order valence-electron chi connectivity index (χ4n) is 3.95. The number of fused-ring (bicyclic) bond motifs is 1. The van der Waals surface area contributed by atoms with Crippen LogP contribution in [0.25, 0.3) is 22.4 Å². The van der Waals surface area contributed by atoms with Crippen LogP contribution in [0.3, 0.4) is 0 Å². The molecule has 0 bridgehead atoms. The zero-order valence-corrected chi connectivity index (χ0v) is 18.7. The van der Waals surface area contributed by atoms with Crippen molar-refractivity contribution in [3.63, 3.8) is 0 Å². The zero-order valence-electron chi connectivity index (χ0n) is 18.7. The van der Waals surface area contributed by atoms with Crippen molar-refractivity contribution >= 4 is 12.1 Å². The Bertz CT molecular complexity index is 1170. The van der Waals surface area contributed by atoms with Gasteiger partial charge in [0.1, 0.15) is 17.1 Å². The van der Waals surface area contributed by atoms with Crippen molar-refractivity contribution in [3.8, 4) is 22.4 Å². The van der Waals surface area contributed by atoms with Gasteiger partial charge in [0.15, 0.2) is 0 Å². The van der Waals surface area contributed by atoms with Crippen molar-refractivity contribution in [1.29, 1.82) is 0 Å². The number of aromatic nitrogens is 3. The number of aliphatic carboxylic acids is 1. The molecule has 33 heavy (non-hydrogen) atoms. The quantitative estimate of drug-likeness (QED) is 0.625. The molecule has 1 N–H and O–H groups in total. The molecule has 1 aliphatic rings. The van der Waals surface area contributed by atoms with Gasteiger partial charge >= 0.3 is 12.1 Å². The van der Waals surface area contributed by atoms with Crippen LogP contribution < -0.4 is 0 Å². The highest BCUT2D eigenvalue weighted by atomic mass is 19.1. The van der Waals surface area contributed by atoms with Crippen LogP contribution in [0.4, 0.5) is 9.18 Å². The van der Waals surface area contributed by atoms with Gasteiger partial charge in [0.25, 0.3) is 0 Å². The lowest BCUT2D eigenvalue weighted by Gasteiger charge is -2.35. The zero-order chi connectivity index (χ0) is 23.8. The van der Waals surface area contributed by atoms with Crippen molar-refractivity contribution < 1.29 is 23.8 Å². The van der Waals surface area contributed by atoms with Gasteiger partial charge in [0.2, 0.25) is 0 Å². The summed E-state index contributed by atoms with van der Waals surface area (Å²) >= 11 is 0. The van der Waals surface area contributed by atoms with Crippen molar-refractivity contribution in [3.05, 3.63) is 60.3 Å². The molecule has 1 aliphatic heterocycles. The summed E-state index contributed by atoms with van der Waals surface area (Å²) in [5.74, 6) is -1.37. The minimum atomic E-state index is -0.999. The van der Waals surface area contributed by atoms with Crippen molar-refractivity contribution in [2.45, 2.75) is 45.4 Å². The molecule has 0 radical (unpaired) electrons. The van der Waals surface area contributed by atoms with E-state index in [1.165, 1.54) is 17.0 Å². The van der Waals surface area contributed by atoms with Crippen LogP contribution in [0.15, 0.2) is 48.8 Å². The summed E-state index contributed by atoms with van der Waals surface area (Å²) in [6, 6.07) is 9.02. The highest BCUT2D eigenvalue weighted by Gasteiger charge is 2.36. The fraction of sp³-hybridized carbons (Fsp3) is 0.333. The van der Waals surface area contributed by atoms with Gasteiger partial charge in [0, 0.05) is 30.1 Å². The summed E-state index contributed by atoms with van der Waals surface area (Å²) in [7, 11) is 0. The summed E-state index contributed by atoms with van der Waals surface area (Å²) in [6.07, 6.45) is 2.56. The standard InChI is InChI=1S/C24H25FN4O4/c1-24(2,3)33-23(32)28-13-18(12-20(30)31)29-19(14-28)21(15-8-10-26-11-9-15)22(27-29)16-4-6-17(25)7-5-16/h4-11,18H,12-14H2,1-3H3,(H,30,31). The van der Waals surface area contributed by atoms with E-state index < -0.39 is 23.7 Å². The third-order valence-electron chi connectivity index (χ3n) is 5.28. The van der Waals surface area contributed by atoms with Crippen LogP contribution >= 0.6 is 0 Å². The van der Waals surface area contributed by atoms with Crippen LogP contribution in [-0.2, 0) is 16.1 Å². The van der Waals surface area contributed by atoms with E-state index in [9.17, 15) is 19.1 Å². The number of pyridine rings is 1. The van der Waals surface area contributed by atoms with Gasteiger partial charge in [0.05, 0.1) is 24.7 Å². The van der Waals surface area contributed by atoms with Gasteiger partial charge in [-0.3, -0.25) is 14.5 Å². The predicted octanol–water partition coefficient (Wildman–Crippen LogP) is 4.52. The molecule has 3 aromatic rings. The van der Waals surface area contributed by atoms with Crippen LogP contribution in [0.5, 0.6) is 0 Å². The maximum absolute atomic E-state index is 13.6. The first-order chi connectivity index (χ1) is 15.6. The van der Waals surface area contributed by atoms with Gasteiger partial charge in [-0.05, 0) is 62.7 Å². The number of carbonyl (C=O) groups excluding carboxylic acids is 1. The van der Waals surface area contributed by atoms with E-state index in [1.54, 1.807) is 50.0 Å². The molecule has 1 aromatic carbocycles. The van der Waals surface area contributed by atoms with Crippen molar-refractivity contribution in [2.75, 3.05) is 6.54 Å². The molecular formula is C24H25FN4O4. The second kappa shape index (κ2) is 8.65. The van der Waals surface area contributed by atoms with E-state index in [-0.39, 0.29) is 25.3 Å². The lowest BCUT2D eigenvalue weighted by atomic mass is 9.98. The third kappa shape index (κ3) is 4.87. The summed E-state index contributed by atoms with van der Waals surface area (Å²) in [5, 5.41) is 14.3. The lowest BCUT2D eigenvalue weighted by Crippen LogP contribution is -2.44. The van der Waals surface area contributed by atoms with Gasteiger partial charge in [-0.25, -0.2) is 9.18 Å². The van der Waals surface area contributed by atoms with Crippen LogP contribution in [-0.4, -0.2) is 49.0 Å². The maximum atomic E-state index is 13.6. The number of nitrogens with zero attached hydrogens (tertiary/aromatic N) is 4. The number of carboxylic acid groups (broad SMARTS) is 1. The van der Waals surface area contributed by atoms with Gasteiger partial charge in [-0.1, -0.05) is 0 Å². The van der Waals surface area contributed by atoms with E-state index >= 15 is 0 Å². The van der Waals surface area contributed by atoms with E-state index in [0.717, 1.165) is 11.1 Å². The number of benzene rings is 1. The predicted molar refractivity (Wildman–Crippen MR) is 119 cm³/mol. The number of ether oxygens (including phenoxy) is 1. The minimum absolute atomic E-state index is 0.147. The molecule has 3 heterocycles. The molecule has 8 nitrogen and oxygen atoms in total. The van der Waals surface area contributed by atoms with Crippen LogP contribution in [0.2, 0.25) is 0 Å². The number of carbonyl (C=O) groups is 2. The number of hydrogen-bond donors (Lipinski definition) is 1. The Morgan fingerprint density at radius 3 is 2.39 bits per heavy atom. The molecule has 1 amide bonds. The Labute approximate surface area is 190 Å². The average molecular weight is 452 g/mol. The summed E-state index contributed by atoms with van der Waals surface area (Å²) in [6.45, 7) is 5.68. The summed E-state index contributed by atoms with van der Waals surface area (Å²) in [4.78, 5) is 30.1. The van der Waals surface area contributed by atoms with E-state index in [2.05, 4.69) is 4.98 Å². The molecule has 0 spiro atoms. The van der Waals surface area contributed by atoms with Crippen molar-refractivity contribution in [1.82, 2.24) is 19.7 Å². The molecule has 0 saturated carbocycles. The Balaban J connectivity index is 1.87. The SMILES string of the molecule is CC(C)(C)OC(=O)N1Cc2c(-c3ccncc3)c(-c3ccc(F)cc3)nn2C(CC(=O)O)C1. The smallest absolute Gasteiger partial charge is 0.410 e. The molecule has 172 valence electrons. The molecule has 9 heteroatoms. The highest BCUT2D eigenvalue weighted by Crippen LogP contribution is 2.39. The van der Waals surface area contributed by atoms with E-state index in [4.69, 9.17) is 9.84 Å². The molecule has 1 atom stereocenters. The first-order valence-corrected chi connectivity index (χ1v) is 10.6. The van der Waals surface area contributed by atoms with Crippen LogP contribution in [0.1, 0.15) is 38.9 Å². The Hall–Kier alpha value is -3.75. The lowest BCUT2D eigenvalue weighted by molar-refractivity contribution is -0.138. The monoisotopic (exact) mass is 452 g/mol. The van der Waals surface area contributed by atoms with E-state index in [1.807, 2.05) is 12.1 Å². The van der Waals surface area contributed by atoms with E-state index in [0.29, 0.717) is 17.0 Å². The Kier molecular flexibility index (Phi) is 5.88. The first kappa shape index (κ1) is 22.4. The second-order valence-electron chi connectivity index (χ2n) is 8.97. The number of halogens is 1. The van der Waals surface area contributed by atoms with Crippen LogP contribution in [0, 0.1) is 5.82 Å². The summed E-state index contributed by atoms with van der Waals surface area (Å²) < 4.78 is 20.8. The third-order valence-corrected chi connectivity index (χ3v) is 5.28. The number of amides is 1. The number of carboxylic acids is 1. The number of hydrogen-bond acceptors (Lipinski definition) is 5. The molecular weight excluding hydrogens is 427 g/mol. The molecule has 4 rings (SSSR count). The second-order valence-corrected chi connectivity index (χ2v) is 8.97. The highest BCUT2D eigenvalue weighted by molar-refractivity contribution is 5.83. The molecule has 2 aromatic heterocycles. The van der Waals surface area contributed by atoms with Gasteiger partial charge in [-0.15, -0.1) is 0 Å². The Morgan fingerprint density at radius 2 is 1.79 bits per heavy atom. The van der Waals surface area contributed by atoms with Gasteiger partial charge in [-0.2, -0.15) is 5.10 Å². The average Bonchev–Trinajstić information content (AvgIpc) is 3.13. The number of rotatable bonds is 4. The topological polar surface area (TPSA) is 97.5 Å². The molecule has 1 unspecified atom stereocenters. The molecule has 0 saturated heterocycles. The van der Waals surface area contributed by atoms with Gasteiger partial charge < -0.3 is 14.7 Å². The molecule has 0 aliphatic carbocycles.